The van der Waals surface area contributed by atoms with Crippen LogP contribution in [0, 0.1) is 10.1 Å². The minimum absolute atomic E-state index is 0.0862. The Balaban J connectivity index is 2.85. The highest BCUT2D eigenvalue weighted by molar-refractivity contribution is 5.84. The normalized spacial score (nSPS) is 12.5. The summed E-state index contributed by atoms with van der Waals surface area (Å²) < 4.78 is 0. The predicted octanol–water partition coefficient (Wildman–Crippen LogP) is 2.07. The van der Waals surface area contributed by atoms with Crippen LogP contribution in [0.2, 0.25) is 0 Å². The number of non-ortho nitro benzene ring substituents is 1. The highest BCUT2D eigenvalue weighted by Crippen LogP contribution is 2.22. The highest BCUT2D eigenvalue weighted by atomic mass is 16.6. The van der Waals surface area contributed by atoms with Gasteiger partial charge < -0.3 is 10.4 Å². The Labute approximate surface area is 122 Å². The molecular weight excluding hydrogens is 276 g/mol. The standard InChI is InChI=1S/C14H18N2O5/c1-9(10-5-4-6-11(7-10)16(20)21)13(19)15-14(2,3)8-12(17)18/h4-7,9H,8H2,1-3H3,(H,15,19)(H,17,18). The number of nitro benzene ring substituents is 1. The van der Waals surface area contributed by atoms with Crippen LogP contribution in [0.1, 0.15) is 38.7 Å². The third-order valence-electron chi connectivity index (χ3n) is 3.03. The van der Waals surface area contributed by atoms with E-state index >= 15 is 0 Å². The first kappa shape index (κ1) is 16.6. The summed E-state index contributed by atoms with van der Waals surface area (Å²) in [6.07, 6.45) is -0.208. The smallest absolute Gasteiger partial charge is 0.305 e. The molecule has 0 saturated carbocycles. The second-order valence-corrected chi connectivity index (χ2v) is 5.52. The number of rotatable bonds is 6. The number of hydrogen-bond acceptors (Lipinski definition) is 4. The number of nitrogens with zero attached hydrogens (tertiary/aromatic N) is 1. The van der Waals surface area contributed by atoms with E-state index in [1.165, 1.54) is 18.2 Å². The Kier molecular flexibility index (Phi) is 5.02. The van der Waals surface area contributed by atoms with Crippen LogP contribution in [0.5, 0.6) is 0 Å². The van der Waals surface area contributed by atoms with Gasteiger partial charge in [0.05, 0.1) is 17.3 Å². The third-order valence-corrected chi connectivity index (χ3v) is 3.03. The molecule has 0 heterocycles. The molecule has 1 amide bonds. The monoisotopic (exact) mass is 294 g/mol. The first-order valence-corrected chi connectivity index (χ1v) is 6.40. The van der Waals surface area contributed by atoms with Crippen molar-refractivity contribution in [2.75, 3.05) is 0 Å². The van der Waals surface area contributed by atoms with Gasteiger partial charge in [-0.25, -0.2) is 0 Å². The first-order chi connectivity index (χ1) is 9.62. The number of hydrogen-bond donors (Lipinski definition) is 2. The molecule has 21 heavy (non-hydrogen) atoms. The molecule has 0 spiro atoms. The summed E-state index contributed by atoms with van der Waals surface area (Å²) in [5.41, 5.74) is -0.470. The molecule has 0 bridgehead atoms. The predicted molar refractivity (Wildman–Crippen MR) is 76.0 cm³/mol. The van der Waals surface area contributed by atoms with E-state index in [0.29, 0.717) is 5.56 Å². The molecule has 114 valence electrons. The fourth-order valence-corrected chi connectivity index (χ4v) is 1.92. The van der Waals surface area contributed by atoms with E-state index in [0.717, 1.165) is 0 Å². The lowest BCUT2D eigenvalue weighted by atomic mass is 9.96. The molecule has 0 fully saturated rings. The molecule has 1 unspecified atom stereocenters. The molecule has 0 aliphatic carbocycles. The third kappa shape index (κ3) is 4.87. The van der Waals surface area contributed by atoms with Crippen LogP contribution in [-0.4, -0.2) is 27.4 Å². The second kappa shape index (κ2) is 6.34. The molecule has 1 aromatic rings. The highest BCUT2D eigenvalue weighted by Gasteiger charge is 2.27. The zero-order valence-corrected chi connectivity index (χ0v) is 12.1. The van der Waals surface area contributed by atoms with E-state index in [1.54, 1.807) is 26.8 Å². The van der Waals surface area contributed by atoms with Crippen LogP contribution >= 0.6 is 0 Å². The van der Waals surface area contributed by atoms with Gasteiger partial charge in [0.25, 0.3) is 5.69 Å². The van der Waals surface area contributed by atoms with Crippen molar-refractivity contribution in [3.63, 3.8) is 0 Å². The van der Waals surface area contributed by atoms with E-state index < -0.39 is 22.3 Å². The van der Waals surface area contributed by atoms with Crippen LogP contribution < -0.4 is 5.32 Å². The zero-order valence-electron chi connectivity index (χ0n) is 12.1. The topological polar surface area (TPSA) is 110 Å². The number of nitro groups is 1. The van der Waals surface area contributed by atoms with Crippen LogP contribution in [0.4, 0.5) is 5.69 Å². The van der Waals surface area contributed by atoms with Crippen molar-refractivity contribution in [1.82, 2.24) is 5.32 Å². The number of carbonyl (C=O) groups excluding carboxylic acids is 1. The molecule has 7 nitrogen and oxygen atoms in total. The number of nitrogens with one attached hydrogen (secondary N) is 1. The molecular formula is C14H18N2O5. The summed E-state index contributed by atoms with van der Waals surface area (Å²) in [6.45, 7) is 4.84. The molecule has 0 saturated heterocycles. The molecule has 1 aromatic carbocycles. The van der Waals surface area contributed by atoms with Crippen LogP contribution in [0.25, 0.3) is 0 Å². The van der Waals surface area contributed by atoms with E-state index in [2.05, 4.69) is 5.32 Å². The Bertz CT molecular complexity index is 568. The average molecular weight is 294 g/mol. The SMILES string of the molecule is CC(C(=O)NC(C)(C)CC(=O)O)c1cccc([N+](=O)[O-])c1. The molecule has 0 radical (unpaired) electrons. The summed E-state index contributed by atoms with van der Waals surface area (Å²) in [6, 6.07) is 5.83. The van der Waals surface area contributed by atoms with E-state index in [1.807, 2.05) is 0 Å². The molecule has 1 atom stereocenters. The Morgan fingerprint density at radius 2 is 2.05 bits per heavy atom. The summed E-state index contributed by atoms with van der Waals surface area (Å²) in [7, 11) is 0. The van der Waals surface area contributed by atoms with Gasteiger partial charge in [-0.1, -0.05) is 12.1 Å². The number of carboxylic acid groups (broad SMARTS) is 1. The lowest BCUT2D eigenvalue weighted by Gasteiger charge is -2.26. The average Bonchev–Trinajstić information content (AvgIpc) is 2.35. The molecule has 0 aliphatic rings. The van der Waals surface area contributed by atoms with Gasteiger partial charge in [0, 0.05) is 17.7 Å². The molecule has 0 aliphatic heterocycles. The van der Waals surface area contributed by atoms with Gasteiger partial charge in [-0.05, 0) is 26.3 Å². The number of carbonyl (C=O) groups is 2. The lowest BCUT2D eigenvalue weighted by Crippen LogP contribution is -2.46. The lowest BCUT2D eigenvalue weighted by molar-refractivity contribution is -0.384. The number of aliphatic carboxylic acids is 1. The van der Waals surface area contributed by atoms with Crippen LogP contribution in [0.15, 0.2) is 24.3 Å². The van der Waals surface area contributed by atoms with Gasteiger partial charge in [0.2, 0.25) is 5.91 Å². The largest absolute Gasteiger partial charge is 0.481 e. The first-order valence-electron chi connectivity index (χ1n) is 6.40. The summed E-state index contributed by atoms with van der Waals surface area (Å²) >= 11 is 0. The Morgan fingerprint density at radius 3 is 2.57 bits per heavy atom. The van der Waals surface area contributed by atoms with Crippen molar-refractivity contribution in [2.45, 2.75) is 38.6 Å². The van der Waals surface area contributed by atoms with Crippen molar-refractivity contribution >= 4 is 17.6 Å². The molecule has 7 heteroatoms. The zero-order chi connectivity index (χ0) is 16.2. The molecule has 0 aromatic heterocycles. The van der Waals surface area contributed by atoms with Crippen LogP contribution in [0.3, 0.4) is 0 Å². The molecule has 2 N–H and O–H groups in total. The number of carboxylic acids is 1. The maximum atomic E-state index is 12.1. The summed E-state index contributed by atoms with van der Waals surface area (Å²) in [5, 5.41) is 22.2. The van der Waals surface area contributed by atoms with Gasteiger partial charge in [-0.3, -0.25) is 19.7 Å². The Hall–Kier alpha value is -2.44. The van der Waals surface area contributed by atoms with Crippen molar-refractivity contribution in [3.05, 3.63) is 39.9 Å². The maximum Gasteiger partial charge on any atom is 0.305 e. The van der Waals surface area contributed by atoms with Crippen LogP contribution in [-0.2, 0) is 9.59 Å². The quantitative estimate of drug-likeness (QED) is 0.616. The minimum Gasteiger partial charge on any atom is -0.481 e. The van der Waals surface area contributed by atoms with Crippen molar-refractivity contribution in [2.24, 2.45) is 0 Å². The van der Waals surface area contributed by atoms with E-state index in [4.69, 9.17) is 5.11 Å². The summed E-state index contributed by atoms with van der Waals surface area (Å²) in [4.78, 5) is 33.1. The number of amides is 1. The second-order valence-electron chi connectivity index (χ2n) is 5.52. The van der Waals surface area contributed by atoms with Gasteiger partial charge in [-0.2, -0.15) is 0 Å². The molecule has 1 rings (SSSR count). The fourth-order valence-electron chi connectivity index (χ4n) is 1.92. The van der Waals surface area contributed by atoms with Crippen molar-refractivity contribution in [1.29, 1.82) is 0 Å². The van der Waals surface area contributed by atoms with Gasteiger partial charge in [0.15, 0.2) is 0 Å². The van der Waals surface area contributed by atoms with E-state index in [9.17, 15) is 19.7 Å². The number of benzene rings is 1. The fraction of sp³-hybridized carbons (Fsp3) is 0.429. The Morgan fingerprint density at radius 1 is 1.43 bits per heavy atom. The van der Waals surface area contributed by atoms with Gasteiger partial charge >= 0.3 is 5.97 Å². The summed E-state index contributed by atoms with van der Waals surface area (Å²) in [5.74, 6) is -2.00. The minimum atomic E-state index is -1.01. The van der Waals surface area contributed by atoms with Crippen molar-refractivity contribution in [3.8, 4) is 0 Å². The maximum absolute atomic E-state index is 12.1. The van der Waals surface area contributed by atoms with Gasteiger partial charge in [-0.15, -0.1) is 0 Å². The van der Waals surface area contributed by atoms with E-state index in [-0.39, 0.29) is 18.0 Å². The van der Waals surface area contributed by atoms with Crippen molar-refractivity contribution < 1.29 is 19.6 Å². The van der Waals surface area contributed by atoms with Gasteiger partial charge in [0.1, 0.15) is 0 Å².